The summed E-state index contributed by atoms with van der Waals surface area (Å²) in [7, 11) is 0. The Bertz CT molecular complexity index is 354. The van der Waals surface area contributed by atoms with Crippen molar-refractivity contribution in [1.82, 2.24) is 9.55 Å². The summed E-state index contributed by atoms with van der Waals surface area (Å²) in [6.45, 7) is 0. The van der Waals surface area contributed by atoms with Crippen LogP contribution in [0.25, 0.3) is 0 Å². The number of aldehydes is 1. The lowest BCUT2D eigenvalue weighted by molar-refractivity contribution is 0.111. The van der Waals surface area contributed by atoms with Gasteiger partial charge in [0.15, 0.2) is 6.29 Å². The zero-order chi connectivity index (χ0) is 10.5. The van der Waals surface area contributed by atoms with Crippen molar-refractivity contribution in [3.05, 3.63) is 30.4 Å². The smallest absolute Gasteiger partial charge is 0.169 e. The molecule has 0 fully saturated rings. The standard InChI is InChI=1S/C12H16N2O/c15-9-11-8-14(10-13-11)12-6-4-2-1-3-5-7-12/h4,6,8-10,12H,1-3,5,7H2/b6-4-. The van der Waals surface area contributed by atoms with Crippen LogP contribution in [0.2, 0.25) is 0 Å². The summed E-state index contributed by atoms with van der Waals surface area (Å²) in [6.07, 6.45) is 15.0. The number of rotatable bonds is 2. The molecule has 1 aromatic rings. The van der Waals surface area contributed by atoms with Crippen molar-refractivity contribution in [2.45, 2.75) is 38.1 Å². The van der Waals surface area contributed by atoms with Gasteiger partial charge in [0.25, 0.3) is 0 Å². The predicted octanol–water partition coefficient (Wildman–Crippen LogP) is 2.76. The molecule has 0 aliphatic heterocycles. The number of nitrogens with zero attached hydrogens (tertiary/aromatic N) is 2. The Kier molecular flexibility index (Phi) is 3.33. The van der Waals surface area contributed by atoms with Gasteiger partial charge < -0.3 is 4.57 Å². The van der Waals surface area contributed by atoms with E-state index in [9.17, 15) is 4.79 Å². The minimum absolute atomic E-state index is 0.381. The molecule has 1 aromatic heterocycles. The van der Waals surface area contributed by atoms with E-state index >= 15 is 0 Å². The summed E-state index contributed by atoms with van der Waals surface area (Å²) >= 11 is 0. The van der Waals surface area contributed by atoms with Crippen LogP contribution in [0.3, 0.4) is 0 Å². The van der Waals surface area contributed by atoms with Crippen LogP contribution in [0.15, 0.2) is 24.7 Å². The fraction of sp³-hybridized carbons (Fsp3) is 0.500. The predicted molar refractivity (Wildman–Crippen MR) is 58.9 cm³/mol. The summed E-state index contributed by atoms with van der Waals surface area (Å²) in [5.74, 6) is 0. The molecular formula is C12H16N2O. The van der Waals surface area contributed by atoms with E-state index in [0.717, 1.165) is 12.7 Å². The highest BCUT2D eigenvalue weighted by Crippen LogP contribution is 2.21. The third-order valence-electron chi connectivity index (χ3n) is 2.85. The number of carbonyl (C=O) groups excluding carboxylic acids is 1. The molecule has 1 unspecified atom stereocenters. The number of carbonyl (C=O) groups is 1. The van der Waals surface area contributed by atoms with Gasteiger partial charge in [-0.2, -0.15) is 0 Å². The third kappa shape index (κ3) is 2.55. The first-order chi connectivity index (χ1) is 7.40. The monoisotopic (exact) mass is 204 g/mol. The van der Waals surface area contributed by atoms with Crippen LogP contribution in [0.4, 0.5) is 0 Å². The van der Waals surface area contributed by atoms with E-state index in [-0.39, 0.29) is 0 Å². The van der Waals surface area contributed by atoms with Gasteiger partial charge in [-0.15, -0.1) is 0 Å². The number of imidazole rings is 1. The molecule has 15 heavy (non-hydrogen) atoms. The molecule has 0 saturated heterocycles. The maximum atomic E-state index is 10.5. The quantitative estimate of drug-likeness (QED) is 0.548. The summed E-state index contributed by atoms with van der Waals surface area (Å²) in [4.78, 5) is 14.6. The van der Waals surface area contributed by atoms with Crippen molar-refractivity contribution >= 4 is 6.29 Å². The van der Waals surface area contributed by atoms with E-state index in [1.807, 2.05) is 10.8 Å². The molecule has 0 saturated carbocycles. The van der Waals surface area contributed by atoms with E-state index < -0.39 is 0 Å². The van der Waals surface area contributed by atoms with Gasteiger partial charge in [-0.3, -0.25) is 4.79 Å². The lowest BCUT2D eigenvalue weighted by atomic mass is 10.0. The SMILES string of the molecule is O=Cc1cn(C2/C=C\CCCCC2)cn1. The van der Waals surface area contributed by atoms with Crippen LogP contribution in [-0.2, 0) is 0 Å². The van der Waals surface area contributed by atoms with E-state index in [4.69, 9.17) is 0 Å². The Balaban J connectivity index is 2.12. The zero-order valence-electron chi connectivity index (χ0n) is 8.80. The average molecular weight is 204 g/mol. The van der Waals surface area contributed by atoms with Crippen molar-refractivity contribution in [2.24, 2.45) is 0 Å². The maximum Gasteiger partial charge on any atom is 0.169 e. The van der Waals surface area contributed by atoms with Crippen molar-refractivity contribution < 1.29 is 4.79 Å². The molecule has 80 valence electrons. The molecule has 1 aliphatic rings. The van der Waals surface area contributed by atoms with E-state index in [0.29, 0.717) is 11.7 Å². The number of hydrogen-bond donors (Lipinski definition) is 0. The van der Waals surface area contributed by atoms with Crippen LogP contribution in [0.5, 0.6) is 0 Å². The van der Waals surface area contributed by atoms with Crippen molar-refractivity contribution in [3.63, 3.8) is 0 Å². The van der Waals surface area contributed by atoms with E-state index in [1.54, 1.807) is 6.33 Å². The van der Waals surface area contributed by atoms with Gasteiger partial charge >= 0.3 is 0 Å². The molecule has 0 aromatic carbocycles. The Hall–Kier alpha value is -1.38. The second-order valence-electron chi connectivity index (χ2n) is 4.00. The summed E-state index contributed by atoms with van der Waals surface area (Å²) in [5, 5.41) is 0. The third-order valence-corrected chi connectivity index (χ3v) is 2.85. The second kappa shape index (κ2) is 4.91. The number of allylic oxidation sites excluding steroid dienone is 2. The Morgan fingerprint density at radius 1 is 1.40 bits per heavy atom. The van der Waals surface area contributed by atoms with Crippen LogP contribution in [-0.4, -0.2) is 15.8 Å². The molecule has 0 radical (unpaired) electrons. The minimum atomic E-state index is 0.381. The topological polar surface area (TPSA) is 34.9 Å². The van der Waals surface area contributed by atoms with Gasteiger partial charge in [-0.05, 0) is 19.3 Å². The fourth-order valence-electron chi connectivity index (χ4n) is 1.99. The van der Waals surface area contributed by atoms with Gasteiger partial charge in [-0.25, -0.2) is 4.98 Å². The normalized spacial score (nSPS) is 24.1. The second-order valence-corrected chi connectivity index (χ2v) is 4.00. The van der Waals surface area contributed by atoms with Crippen LogP contribution < -0.4 is 0 Å². The molecule has 1 aliphatic carbocycles. The minimum Gasteiger partial charge on any atom is -0.330 e. The average Bonchev–Trinajstić information content (AvgIpc) is 2.65. The highest BCUT2D eigenvalue weighted by atomic mass is 16.1. The summed E-state index contributed by atoms with van der Waals surface area (Å²) in [5.41, 5.74) is 0.519. The molecule has 3 nitrogen and oxygen atoms in total. The molecule has 0 bridgehead atoms. The zero-order valence-corrected chi connectivity index (χ0v) is 8.80. The first-order valence-electron chi connectivity index (χ1n) is 5.55. The Morgan fingerprint density at radius 3 is 3.13 bits per heavy atom. The van der Waals surface area contributed by atoms with Gasteiger partial charge in [0.05, 0.1) is 12.4 Å². The van der Waals surface area contributed by atoms with Gasteiger partial charge in [0, 0.05) is 6.20 Å². The summed E-state index contributed by atoms with van der Waals surface area (Å²) < 4.78 is 2.03. The largest absolute Gasteiger partial charge is 0.330 e. The molecule has 0 spiro atoms. The number of aromatic nitrogens is 2. The lowest BCUT2D eigenvalue weighted by Gasteiger charge is -2.16. The van der Waals surface area contributed by atoms with Gasteiger partial charge in [0.1, 0.15) is 5.69 Å². The fourth-order valence-corrected chi connectivity index (χ4v) is 1.99. The Morgan fingerprint density at radius 2 is 2.33 bits per heavy atom. The molecule has 0 N–H and O–H groups in total. The highest BCUT2D eigenvalue weighted by Gasteiger charge is 2.09. The van der Waals surface area contributed by atoms with Crippen LogP contribution in [0, 0.1) is 0 Å². The van der Waals surface area contributed by atoms with Gasteiger partial charge in [0.2, 0.25) is 0 Å². The molecule has 2 rings (SSSR count). The Labute approximate surface area is 89.8 Å². The molecule has 1 heterocycles. The van der Waals surface area contributed by atoms with Crippen molar-refractivity contribution in [3.8, 4) is 0 Å². The van der Waals surface area contributed by atoms with Crippen molar-refractivity contribution in [1.29, 1.82) is 0 Å². The van der Waals surface area contributed by atoms with E-state index in [1.165, 1.54) is 25.7 Å². The highest BCUT2D eigenvalue weighted by molar-refractivity contribution is 5.70. The molecule has 3 heteroatoms. The maximum absolute atomic E-state index is 10.5. The summed E-state index contributed by atoms with van der Waals surface area (Å²) in [6, 6.07) is 0.381. The van der Waals surface area contributed by atoms with Crippen LogP contribution in [0.1, 0.15) is 48.6 Å². The molecule has 1 atom stereocenters. The van der Waals surface area contributed by atoms with E-state index in [2.05, 4.69) is 17.1 Å². The van der Waals surface area contributed by atoms with Gasteiger partial charge in [-0.1, -0.05) is 25.0 Å². The first-order valence-corrected chi connectivity index (χ1v) is 5.55. The molecule has 0 amide bonds. The molecular weight excluding hydrogens is 188 g/mol. The van der Waals surface area contributed by atoms with Crippen molar-refractivity contribution in [2.75, 3.05) is 0 Å². The van der Waals surface area contributed by atoms with Crippen LogP contribution >= 0.6 is 0 Å². The lowest BCUT2D eigenvalue weighted by Crippen LogP contribution is -2.05. The first kappa shape index (κ1) is 10.1. The number of hydrogen-bond acceptors (Lipinski definition) is 2.